The van der Waals surface area contributed by atoms with Crippen LogP contribution in [0.4, 0.5) is 13.6 Å². The molecule has 1 heterocycles. The van der Waals surface area contributed by atoms with Crippen molar-refractivity contribution in [3.05, 3.63) is 35.4 Å². The van der Waals surface area contributed by atoms with Crippen molar-refractivity contribution in [3.63, 3.8) is 0 Å². The molecule has 6 nitrogen and oxygen atoms in total. The number of hydrogen-bond donors (Lipinski definition) is 4. The maximum atomic E-state index is 13.5. The molecule has 9 heteroatoms. The summed E-state index contributed by atoms with van der Waals surface area (Å²) in [6.07, 6.45) is 2.36. The number of hydrogen-bond acceptors (Lipinski definition) is 3. The monoisotopic (exact) mass is 390 g/mol. The second-order valence-corrected chi connectivity index (χ2v) is 6.19. The van der Waals surface area contributed by atoms with E-state index in [0.717, 1.165) is 19.0 Å². The highest BCUT2D eigenvalue weighted by atomic mass is 35.5. The minimum atomic E-state index is -0.872. The largest absolute Gasteiger partial charge is 0.352 e. The van der Waals surface area contributed by atoms with Crippen LogP contribution in [0.25, 0.3) is 0 Å². The highest BCUT2D eigenvalue weighted by molar-refractivity contribution is 5.85. The van der Waals surface area contributed by atoms with Crippen LogP contribution < -0.4 is 21.7 Å². The molecule has 2 atom stereocenters. The zero-order chi connectivity index (χ0) is 18.2. The van der Waals surface area contributed by atoms with Gasteiger partial charge in [0.1, 0.15) is 0 Å². The van der Waals surface area contributed by atoms with Crippen molar-refractivity contribution in [2.45, 2.75) is 37.6 Å². The number of carbonyl (C=O) groups excluding carboxylic acids is 2. The summed E-state index contributed by atoms with van der Waals surface area (Å²) in [5, 5.41) is 8.65. The molecular formula is C17H25ClF2N4O2. The predicted octanol–water partition coefficient (Wildman–Crippen LogP) is 1.79. The van der Waals surface area contributed by atoms with Crippen molar-refractivity contribution < 1.29 is 18.4 Å². The molecular weight excluding hydrogens is 366 g/mol. The third-order valence-corrected chi connectivity index (χ3v) is 4.33. The highest BCUT2D eigenvalue weighted by Gasteiger charge is 2.28. The van der Waals surface area contributed by atoms with E-state index in [-0.39, 0.29) is 30.3 Å². The first-order valence-electron chi connectivity index (χ1n) is 8.45. The average molecular weight is 391 g/mol. The lowest BCUT2D eigenvalue weighted by Gasteiger charge is -2.33. The van der Waals surface area contributed by atoms with Crippen LogP contribution in [0.1, 0.15) is 37.2 Å². The first-order valence-corrected chi connectivity index (χ1v) is 8.45. The van der Waals surface area contributed by atoms with Gasteiger partial charge >= 0.3 is 6.03 Å². The maximum Gasteiger partial charge on any atom is 0.312 e. The van der Waals surface area contributed by atoms with Gasteiger partial charge in [0, 0.05) is 31.5 Å². The van der Waals surface area contributed by atoms with Crippen LogP contribution in [0.2, 0.25) is 0 Å². The van der Waals surface area contributed by atoms with Crippen molar-refractivity contribution in [2.24, 2.45) is 5.73 Å². The summed E-state index contributed by atoms with van der Waals surface area (Å²) >= 11 is 0. The number of nitrogens with two attached hydrogens (primary N) is 1. The normalized spacial score (nSPS) is 19.3. The van der Waals surface area contributed by atoms with E-state index in [9.17, 15) is 18.4 Å². The van der Waals surface area contributed by atoms with Gasteiger partial charge in [-0.2, -0.15) is 0 Å². The van der Waals surface area contributed by atoms with Crippen LogP contribution in [-0.4, -0.2) is 37.6 Å². The minimum absolute atomic E-state index is 0. The second-order valence-electron chi connectivity index (χ2n) is 6.19. The molecule has 5 N–H and O–H groups in total. The quantitative estimate of drug-likeness (QED) is 0.534. The van der Waals surface area contributed by atoms with Crippen LogP contribution in [-0.2, 0) is 4.79 Å². The van der Waals surface area contributed by atoms with Crippen molar-refractivity contribution in [1.29, 1.82) is 0 Å². The zero-order valence-electron chi connectivity index (χ0n) is 14.4. The van der Waals surface area contributed by atoms with E-state index in [2.05, 4.69) is 16.0 Å². The van der Waals surface area contributed by atoms with Crippen molar-refractivity contribution >= 4 is 24.3 Å². The number of primary amides is 1. The number of piperidine rings is 1. The van der Waals surface area contributed by atoms with Crippen LogP contribution in [0.15, 0.2) is 18.2 Å². The molecule has 1 aliphatic rings. The lowest BCUT2D eigenvalue weighted by molar-refractivity contribution is -0.122. The van der Waals surface area contributed by atoms with E-state index in [1.54, 1.807) is 6.07 Å². The topological polar surface area (TPSA) is 96.2 Å². The highest BCUT2D eigenvalue weighted by Crippen LogP contribution is 2.27. The smallest absolute Gasteiger partial charge is 0.312 e. The van der Waals surface area contributed by atoms with E-state index in [1.165, 1.54) is 6.07 Å². The molecule has 1 fully saturated rings. The minimum Gasteiger partial charge on any atom is -0.352 e. The van der Waals surface area contributed by atoms with Gasteiger partial charge in [0.05, 0.1) is 0 Å². The Morgan fingerprint density at radius 3 is 2.69 bits per heavy atom. The van der Waals surface area contributed by atoms with Crippen LogP contribution in [0.3, 0.4) is 0 Å². The Morgan fingerprint density at radius 1 is 1.23 bits per heavy atom. The van der Waals surface area contributed by atoms with Gasteiger partial charge in [-0.1, -0.05) is 6.07 Å². The van der Waals surface area contributed by atoms with Gasteiger partial charge in [0.2, 0.25) is 5.91 Å². The number of amides is 3. The van der Waals surface area contributed by atoms with Crippen molar-refractivity contribution in [2.75, 3.05) is 19.6 Å². The van der Waals surface area contributed by atoms with E-state index < -0.39 is 17.7 Å². The number of halogens is 3. The average Bonchev–Trinajstić information content (AvgIpc) is 2.57. The third kappa shape index (κ3) is 6.76. The summed E-state index contributed by atoms with van der Waals surface area (Å²) in [7, 11) is 0. The van der Waals surface area contributed by atoms with E-state index in [1.807, 2.05) is 0 Å². The van der Waals surface area contributed by atoms with Crippen LogP contribution in [0, 0.1) is 11.6 Å². The van der Waals surface area contributed by atoms with E-state index >= 15 is 0 Å². The molecule has 0 aliphatic carbocycles. The Morgan fingerprint density at radius 2 is 2.00 bits per heavy atom. The molecule has 26 heavy (non-hydrogen) atoms. The molecule has 0 saturated carbocycles. The summed E-state index contributed by atoms with van der Waals surface area (Å²) < 4.78 is 26.6. The Balaban J connectivity index is 0.00000338. The number of benzene rings is 1. The van der Waals surface area contributed by atoms with E-state index in [4.69, 9.17) is 5.73 Å². The molecule has 1 aromatic rings. The Labute approximate surface area is 157 Å². The molecule has 0 aromatic heterocycles. The Kier molecular flexibility index (Phi) is 9.29. The standard InChI is InChI=1S/C17H24F2N4O2.ClH/c18-13-5-4-11(9-14(13)19)12-6-8-21-10-15(12)23-16(24)3-1-2-7-22-17(20)25;/h4-5,9,12,15,21H,1-3,6-8,10H2,(H,23,24)(H3,20,22,25);1H. The van der Waals surface area contributed by atoms with Gasteiger partial charge in [0.25, 0.3) is 0 Å². The predicted molar refractivity (Wildman–Crippen MR) is 97.2 cm³/mol. The Bertz CT molecular complexity index is 618. The maximum absolute atomic E-state index is 13.5. The molecule has 1 aromatic carbocycles. The fraction of sp³-hybridized carbons (Fsp3) is 0.529. The summed E-state index contributed by atoms with van der Waals surface area (Å²) in [6.45, 7) is 1.78. The van der Waals surface area contributed by atoms with Gasteiger partial charge in [-0.05, 0) is 43.5 Å². The molecule has 1 aliphatic heterocycles. The lowest BCUT2D eigenvalue weighted by Crippen LogP contribution is -2.50. The molecule has 2 rings (SSSR count). The number of nitrogens with one attached hydrogen (secondary N) is 3. The zero-order valence-corrected chi connectivity index (χ0v) is 15.2. The fourth-order valence-corrected chi connectivity index (χ4v) is 3.05. The van der Waals surface area contributed by atoms with Crippen LogP contribution >= 0.6 is 12.4 Å². The van der Waals surface area contributed by atoms with E-state index in [0.29, 0.717) is 37.9 Å². The van der Waals surface area contributed by atoms with Crippen LogP contribution in [0.5, 0.6) is 0 Å². The number of urea groups is 1. The SMILES string of the molecule is Cl.NC(=O)NCCCCC(=O)NC1CNCCC1c1ccc(F)c(F)c1. The summed E-state index contributed by atoms with van der Waals surface area (Å²) in [5.74, 6) is -1.90. The third-order valence-electron chi connectivity index (χ3n) is 4.33. The summed E-state index contributed by atoms with van der Waals surface area (Å²) in [6, 6.07) is 3.15. The molecule has 0 bridgehead atoms. The first kappa shape index (κ1) is 22.1. The first-order chi connectivity index (χ1) is 12.0. The van der Waals surface area contributed by atoms with Gasteiger partial charge in [-0.3, -0.25) is 4.79 Å². The molecule has 1 saturated heterocycles. The van der Waals surface area contributed by atoms with Gasteiger partial charge < -0.3 is 21.7 Å². The fourth-order valence-electron chi connectivity index (χ4n) is 3.05. The molecule has 146 valence electrons. The molecule has 0 radical (unpaired) electrons. The lowest BCUT2D eigenvalue weighted by atomic mass is 9.86. The van der Waals surface area contributed by atoms with Crippen molar-refractivity contribution in [3.8, 4) is 0 Å². The second kappa shape index (κ2) is 10.9. The van der Waals surface area contributed by atoms with Gasteiger partial charge in [0.15, 0.2) is 11.6 Å². The van der Waals surface area contributed by atoms with Gasteiger partial charge in [-0.25, -0.2) is 13.6 Å². The van der Waals surface area contributed by atoms with Crippen molar-refractivity contribution in [1.82, 2.24) is 16.0 Å². The van der Waals surface area contributed by atoms with Gasteiger partial charge in [-0.15, -0.1) is 12.4 Å². The summed E-state index contributed by atoms with van der Waals surface area (Å²) in [5.41, 5.74) is 5.65. The molecule has 2 unspecified atom stereocenters. The number of rotatable bonds is 7. The molecule has 0 spiro atoms. The molecule has 3 amide bonds. The Hall–Kier alpha value is -1.93. The number of carbonyl (C=O) groups is 2. The number of unbranched alkanes of at least 4 members (excludes halogenated alkanes) is 1. The summed E-state index contributed by atoms with van der Waals surface area (Å²) in [4.78, 5) is 22.7.